The van der Waals surface area contributed by atoms with Crippen LogP contribution >= 0.6 is 0 Å². The molecule has 0 saturated heterocycles. The maximum absolute atomic E-state index is 13.1. The number of fused-ring (bicyclic) bond motifs is 2. The lowest BCUT2D eigenvalue weighted by atomic mass is 10.1. The summed E-state index contributed by atoms with van der Waals surface area (Å²) >= 11 is 0. The number of hydrogen-bond donors (Lipinski definition) is 0. The van der Waals surface area contributed by atoms with E-state index in [0.717, 1.165) is 11.3 Å². The molecule has 28 heavy (non-hydrogen) atoms. The molecule has 0 fully saturated rings. The van der Waals surface area contributed by atoms with Crippen molar-refractivity contribution in [2.45, 2.75) is 13.0 Å². The topological polar surface area (TPSA) is 74.0 Å². The summed E-state index contributed by atoms with van der Waals surface area (Å²) in [5, 5.41) is 4.00. The molecule has 1 aromatic heterocycles. The van der Waals surface area contributed by atoms with Gasteiger partial charge in [-0.2, -0.15) is 0 Å². The van der Waals surface area contributed by atoms with Crippen LogP contribution in [0, 0.1) is 0 Å². The number of aromatic nitrogens is 1. The van der Waals surface area contributed by atoms with Crippen LogP contribution in [0.3, 0.4) is 0 Å². The van der Waals surface area contributed by atoms with E-state index < -0.39 is 0 Å². The Balaban J connectivity index is 1.44. The van der Waals surface area contributed by atoms with Gasteiger partial charge in [-0.3, -0.25) is 9.69 Å². The first-order valence-corrected chi connectivity index (χ1v) is 9.13. The molecule has 2 aliphatic rings. The summed E-state index contributed by atoms with van der Waals surface area (Å²) < 4.78 is 22.4. The Labute approximate surface area is 161 Å². The van der Waals surface area contributed by atoms with Crippen LogP contribution in [-0.4, -0.2) is 36.9 Å². The Bertz CT molecular complexity index is 1040. The monoisotopic (exact) mass is 378 g/mol. The molecule has 0 unspecified atom stereocenters. The molecule has 3 aromatic rings. The molecular weight excluding hydrogens is 360 g/mol. The van der Waals surface area contributed by atoms with Crippen molar-refractivity contribution in [1.29, 1.82) is 0 Å². The molecule has 3 heterocycles. The van der Waals surface area contributed by atoms with Gasteiger partial charge in [0.15, 0.2) is 23.0 Å². The molecule has 2 aromatic carbocycles. The third-order valence-electron chi connectivity index (χ3n) is 4.73. The van der Waals surface area contributed by atoms with Crippen molar-refractivity contribution in [2.24, 2.45) is 0 Å². The van der Waals surface area contributed by atoms with E-state index in [1.165, 1.54) is 0 Å². The lowest BCUT2D eigenvalue weighted by Crippen LogP contribution is -2.42. The summed E-state index contributed by atoms with van der Waals surface area (Å²) in [5.41, 5.74) is 1.75. The standard InChI is InChI=1S/C21H18N2O5/c1-13-12-23(16-4-2-3-5-17(16)27-13)21(24)15-11-19(28-22-15)14-6-7-18-20(10-14)26-9-8-25-18/h2-7,10-11,13H,8-9,12H2,1H3/t13-/m1/s1. The van der Waals surface area contributed by atoms with Crippen molar-refractivity contribution in [3.05, 3.63) is 54.2 Å². The molecule has 1 atom stereocenters. The second kappa shape index (κ2) is 6.60. The fraction of sp³-hybridized carbons (Fsp3) is 0.238. The predicted octanol–water partition coefficient (Wildman–Crippen LogP) is 3.54. The summed E-state index contributed by atoms with van der Waals surface area (Å²) in [5.74, 6) is 2.31. The second-order valence-corrected chi connectivity index (χ2v) is 6.75. The van der Waals surface area contributed by atoms with Gasteiger partial charge in [-0.05, 0) is 37.3 Å². The van der Waals surface area contributed by atoms with E-state index in [9.17, 15) is 4.79 Å². The average Bonchev–Trinajstić information content (AvgIpc) is 3.22. The molecule has 7 heteroatoms. The van der Waals surface area contributed by atoms with Crippen LogP contribution in [0.2, 0.25) is 0 Å². The highest BCUT2D eigenvalue weighted by atomic mass is 16.6. The molecule has 2 aliphatic heterocycles. The van der Waals surface area contributed by atoms with Gasteiger partial charge in [-0.15, -0.1) is 0 Å². The number of nitrogens with zero attached hydrogens (tertiary/aromatic N) is 2. The number of para-hydroxylation sites is 2. The van der Waals surface area contributed by atoms with Crippen molar-refractivity contribution in [3.63, 3.8) is 0 Å². The largest absolute Gasteiger partial charge is 0.487 e. The predicted molar refractivity (Wildman–Crippen MR) is 101 cm³/mol. The maximum atomic E-state index is 13.1. The minimum absolute atomic E-state index is 0.108. The number of amides is 1. The first-order chi connectivity index (χ1) is 13.7. The van der Waals surface area contributed by atoms with Crippen LogP contribution in [0.1, 0.15) is 17.4 Å². The summed E-state index contributed by atoms with van der Waals surface area (Å²) in [6, 6.07) is 14.6. The van der Waals surface area contributed by atoms with E-state index in [4.69, 9.17) is 18.7 Å². The zero-order chi connectivity index (χ0) is 19.1. The van der Waals surface area contributed by atoms with Crippen LogP contribution in [0.25, 0.3) is 11.3 Å². The molecule has 0 aliphatic carbocycles. The van der Waals surface area contributed by atoms with Crippen LogP contribution in [-0.2, 0) is 0 Å². The molecule has 0 radical (unpaired) electrons. The normalized spacial score (nSPS) is 17.6. The summed E-state index contributed by atoms with van der Waals surface area (Å²) in [7, 11) is 0. The molecule has 0 bridgehead atoms. The van der Waals surface area contributed by atoms with E-state index in [1.54, 1.807) is 11.0 Å². The van der Waals surface area contributed by atoms with Gasteiger partial charge in [0.05, 0.1) is 12.2 Å². The van der Waals surface area contributed by atoms with E-state index in [1.807, 2.05) is 49.4 Å². The van der Waals surface area contributed by atoms with Gasteiger partial charge in [0.2, 0.25) is 0 Å². The number of benzene rings is 2. The average molecular weight is 378 g/mol. The number of carbonyl (C=O) groups is 1. The third-order valence-corrected chi connectivity index (χ3v) is 4.73. The number of ether oxygens (including phenoxy) is 3. The zero-order valence-corrected chi connectivity index (χ0v) is 15.3. The Morgan fingerprint density at radius 1 is 1.04 bits per heavy atom. The molecule has 142 valence electrons. The minimum Gasteiger partial charge on any atom is -0.487 e. The highest BCUT2D eigenvalue weighted by Gasteiger charge is 2.30. The highest BCUT2D eigenvalue weighted by Crippen LogP contribution is 2.36. The van der Waals surface area contributed by atoms with Crippen molar-refractivity contribution >= 4 is 11.6 Å². The van der Waals surface area contributed by atoms with Gasteiger partial charge in [-0.1, -0.05) is 17.3 Å². The van der Waals surface area contributed by atoms with Gasteiger partial charge in [0.25, 0.3) is 5.91 Å². The number of carbonyl (C=O) groups excluding carboxylic acids is 1. The second-order valence-electron chi connectivity index (χ2n) is 6.75. The van der Waals surface area contributed by atoms with E-state index >= 15 is 0 Å². The minimum atomic E-state index is -0.227. The van der Waals surface area contributed by atoms with Crippen molar-refractivity contribution in [3.8, 4) is 28.6 Å². The SMILES string of the molecule is C[C@@H]1CN(C(=O)c2cc(-c3ccc4c(c3)OCCO4)on2)c2ccccc2O1. The summed E-state index contributed by atoms with van der Waals surface area (Å²) in [4.78, 5) is 14.8. The summed E-state index contributed by atoms with van der Waals surface area (Å²) in [6.07, 6.45) is -0.108. The molecule has 5 rings (SSSR count). The third kappa shape index (κ3) is 2.85. The van der Waals surface area contributed by atoms with Crippen LogP contribution in [0.15, 0.2) is 53.1 Å². The molecule has 7 nitrogen and oxygen atoms in total. The van der Waals surface area contributed by atoms with Gasteiger partial charge < -0.3 is 18.7 Å². The van der Waals surface area contributed by atoms with Crippen LogP contribution in [0.4, 0.5) is 5.69 Å². The Kier molecular flexibility index (Phi) is 3.93. The Hall–Kier alpha value is -3.48. The quantitative estimate of drug-likeness (QED) is 0.679. The van der Waals surface area contributed by atoms with Crippen molar-refractivity contribution in [1.82, 2.24) is 5.16 Å². The fourth-order valence-electron chi connectivity index (χ4n) is 3.43. The molecule has 0 N–H and O–H groups in total. The molecule has 0 spiro atoms. The van der Waals surface area contributed by atoms with E-state index in [0.29, 0.717) is 42.8 Å². The van der Waals surface area contributed by atoms with Gasteiger partial charge in [0, 0.05) is 11.6 Å². The number of hydrogen-bond acceptors (Lipinski definition) is 6. The van der Waals surface area contributed by atoms with Gasteiger partial charge in [-0.25, -0.2) is 0 Å². The highest BCUT2D eigenvalue weighted by molar-refractivity contribution is 6.06. The van der Waals surface area contributed by atoms with Crippen LogP contribution in [0.5, 0.6) is 17.2 Å². The van der Waals surface area contributed by atoms with E-state index in [2.05, 4.69) is 5.16 Å². The summed E-state index contributed by atoms with van der Waals surface area (Å²) in [6.45, 7) is 3.42. The van der Waals surface area contributed by atoms with Gasteiger partial charge >= 0.3 is 0 Å². The Morgan fingerprint density at radius 2 is 1.86 bits per heavy atom. The molecular formula is C21H18N2O5. The Morgan fingerprint density at radius 3 is 2.75 bits per heavy atom. The first kappa shape index (κ1) is 16.7. The lowest BCUT2D eigenvalue weighted by molar-refractivity contribution is 0.0952. The first-order valence-electron chi connectivity index (χ1n) is 9.13. The lowest BCUT2D eigenvalue weighted by Gasteiger charge is -2.32. The molecule has 0 saturated carbocycles. The van der Waals surface area contributed by atoms with Crippen molar-refractivity contribution < 1.29 is 23.5 Å². The van der Waals surface area contributed by atoms with Crippen molar-refractivity contribution in [2.75, 3.05) is 24.7 Å². The zero-order valence-electron chi connectivity index (χ0n) is 15.3. The maximum Gasteiger partial charge on any atom is 0.280 e. The fourth-order valence-corrected chi connectivity index (χ4v) is 3.43. The van der Waals surface area contributed by atoms with Crippen LogP contribution < -0.4 is 19.1 Å². The number of anilines is 1. The smallest absolute Gasteiger partial charge is 0.280 e. The number of rotatable bonds is 2. The molecule has 1 amide bonds. The van der Waals surface area contributed by atoms with Gasteiger partial charge in [0.1, 0.15) is 25.1 Å². The van der Waals surface area contributed by atoms with E-state index in [-0.39, 0.29) is 17.7 Å².